The number of aromatic nitrogens is 3. The van der Waals surface area contributed by atoms with E-state index in [9.17, 15) is 18.4 Å². The van der Waals surface area contributed by atoms with Gasteiger partial charge in [0, 0.05) is 50.0 Å². The summed E-state index contributed by atoms with van der Waals surface area (Å²) in [6.07, 6.45) is 0. The van der Waals surface area contributed by atoms with E-state index in [4.69, 9.17) is 0 Å². The molecule has 2 aromatic heterocycles. The quantitative estimate of drug-likeness (QED) is 0.482. The zero-order valence-electron chi connectivity index (χ0n) is 17.9. The summed E-state index contributed by atoms with van der Waals surface area (Å²) in [5.74, 6) is -0.768. The third-order valence-corrected chi connectivity index (χ3v) is 6.48. The van der Waals surface area contributed by atoms with Crippen molar-refractivity contribution in [1.82, 2.24) is 24.4 Å². The average Bonchev–Trinajstić information content (AvgIpc) is 3.26. The molecule has 0 aliphatic carbocycles. The van der Waals surface area contributed by atoms with E-state index in [-0.39, 0.29) is 17.4 Å². The van der Waals surface area contributed by atoms with E-state index in [1.165, 1.54) is 40.9 Å². The van der Waals surface area contributed by atoms with Crippen molar-refractivity contribution in [3.05, 3.63) is 82.3 Å². The molecule has 5 rings (SSSR count). The molecule has 1 aliphatic rings. The highest BCUT2D eigenvalue weighted by molar-refractivity contribution is 7.19. The molecule has 0 bridgehead atoms. The number of carbonyl (C=O) groups is 1. The highest BCUT2D eigenvalue weighted by Gasteiger charge is 2.22. The van der Waals surface area contributed by atoms with Gasteiger partial charge in [0.25, 0.3) is 5.56 Å². The second-order valence-electron chi connectivity index (χ2n) is 7.87. The molecular weight excluding hydrogens is 462 g/mol. The van der Waals surface area contributed by atoms with Crippen LogP contribution in [0.1, 0.15) is 5.69 Å². The zero-order chi connectivity index (χ0) is 23.7. The van der Waals surface area contributed by atoms with Gasteiger partial charge >= 0.3 is 6.03 Å². The maximum absolute atomic E-state index is 14.1. The minimum Gasteiger partial charge on any atom is -0.322 e. The van der Waals surface area contributed by atoms with Gasteiger partial charge in [-0.2, -0.15) is 9.61 Å². The summed E-state index contributed by atoms with van der Waals surface area (Å²) in [6, 6.07) is 13.1. The van der Waals surface area contributed by atoms with Gasteiger partial charge in [0.05, 0.1) is 5.69 Å². The van der Waals surface area contributed by atoms with Crippen LogP contribution in [0.4, 0.5) is 19.3 Å². The molecule has 34 heavy (non-hydrogen) atoms. The molecule has 8 nitrogen and oxygen atoms in total. The largest absolute Gasteiger partial charge is 0.322 e. The predicted octanol–water partition coefficient (Wildman–Crippen LogP) is 3.45. The molecule has 1 saturated heterocycles. The second kappa shape index (κ2) is 9.27. The van der Waals surface area contributed by atoms with Crippen LogP contribution < -0.4 is 10.9 Å². The number of amides is 2. The van der Waals surface area contributed by atoms with Gasteiger partial charge in [-0.05, 0) is 36.4 Å². The number of nitrogens with one attached hydrogen (secondary N) is 1. The topological polar surface area (TPSA) is 82.8 Å². The molecule has 174 valence electrons. The smallest absolute Gasteiger partial charge is 0.321 e. The maximum atomic E-state index is 14.1. The van der Waals surface area contributed by atoms with Crippen LogP contribution in [-0.2, 0) is 6.54 Å². The maximum Gasteiger partial charge on any atom is 0.321 e. The molecule has 1 fully saturated rings. The summed E-state index contributed by atoms with van der Waals surface area (Å²) in [4.78, 5) is 33.8. The standard InChI is InChI=1S/C23H20F2N6O2S/c24-15-5-7-16(8-6-15)26-22(33)30-11-9-29(10-12-30)14-17-13-20(32)31-23(27-17)34-21(28-31)18-3-1-2-4-19(18)25/h1-8,13H,9-12,14H2,(H,26,33). The first-order valence-electron chi connectivity index (χ1n) is 10.6. The van der Waals surface area contributed by atoms with Gasteiger partial charge in [0.2, 0.25) is 4.96 Å². The fourth-order valence-corrected chi connectivity index (χ4v) is 4.71. The fraction of sp³-hybridized carbons (Fsp3) is 0.217. The number of anilines is 1. The summed E-state index contributed by atoms with van der Waals surface area (Å²) < 4.78 is 28.3. The molecule has 1 aliphatic heterocycles. The Bertz CT molecular complexity index is 1400. The van der Waals surface area contributed by atoms with Crippen LogP contribution >= 0.6 is 11.3 Å². The Morgan fingerprint density at radius 3 is 2.50 bits per heavy atom. The van der Waals surface area contributed by atoms with E-state index < -0.39 is 5.82 Å². The van der Waals surface area contributed by atoms with E-state index in [0.717, 1.165) is 11.3 Å². The number of piperazine rings is 1. The number of hydrogen-bond acceptors (Lipinski definition) is 6. The molecule has 1 N–H and O–H groups in total. The second-order valence-corrected chi connectivity index (χ2v) is 8.82. The number of carbonyl (C=O) groups excluding carboxylic acids is 1. The Morgan fingerprint density at radius 2 is 1.76 bits per heavy atom. The summed E-state index contributed by atoms with van der Waals surface area (Å²) in [7, 11) is 0. The number of fused-ring (bicyclic) bond motifs is 1. The molecule has 2 amide bonds. The van der Waals surface area contributed by atoms with Crippen molar-refractivity contribution >= 4 is 28.0 Å². The van der Waals surface area contributed by atoms with Gasteiger partial charge in [-0.1, -0.05) is 23.5 Å². The number of hydrogen-bond donors (Lipinski definition) is 1. The SMILES string of the molecule is O=C(Nc1ccc(F)cc1)N1CCN(Cc2cc(=O)n3nc(-c4ccccc4F)sc3n2)CC1. The normalized spacial score (nSPS) is 14.5. The molecule has 0 atom stereocenters. The molecule has 0 saturated carbocycles. The van der Waals surface area contributed by atoms with Crippen LogP contribution in [0.15, 0.2) is 59.4 Å². The Balaban J connectivity index is 1.23. The highest BCUT2D eigenvalue weighted by atomic mass is 32.1. The third-order valence-electron chi connectivity index (χ3n) is 5.54. The molecule has 0 unspecified atom stereocenters. The Hall–Kier alpha value is -3.70. The summed E-state index contributed by atoms with van der Waals surface area (Å²) in [5, 5.41) is 7.39. The van der Waals surface area contributed by atoms with Crippen molar-refractivity contribution in [1.29, 1.82) is 0 Å². The van der Waals surface area contributed by atoms with Crippen LogP contribution in [0, 0.1) is 11.6 Å². The minimum absolute atomic E-state index is 0.241. The monoisotopic (exact) mass is 482 g/mol. The lowest BCUT2D eigenvalue weighted by Gasteiger charge is -2.34. The molecular formula is C23H20F2N6O2S. The van der Waals surface area contributed by atoms with Crippen molar-refractivity contribution in [2.75, 3.05) is 31.5 Å². The van der Waals surface area contributed by atoms with Crippen LogP contribution in [-0.4, -0.2) is 56.6 Å². The van der Waals surface area contributed by atoms with Crippen molar-refractivity contribution in [3.63, 3.8) is 0 Å². The van der Waals surface area contributed by atoms with Crippen LogP contribution in [0.3, 0.4) is 0 Å². The van der Waals surface area contributed by atoms with Gasteiger partial charge in [-0.3, -0.25) is 9.69 Å². The summed E-state index contributed by atoms with van der Waals surface area (Å²) in [5.41, 5.74) is 1.13. The number of nitrogens with zero attached hydrogens (tertiary/aromatic N) is 5. The van der Waals surface area contributed by atoms with E-state index in [2.05, 4.69) is 20.3 Å². The Morgan fingerprint density at radius 1 is 1.03 bits per heavy atom. The molecule has 3 heterocycles. The van der Waals surface area contributed by atoms with Crippen molar-refractivity contribution in [2.45, 2.75) is 6.54 Å². The lowest BCUT2D eigenvalue weighted by molar-refractivity contribution is 0.142. The predicted molar refractivity (Wildman–Crippen MR) is 125 cm³/mol. The van der Waals surface area contributed by atoms with Crippen LogP contribution in [0.5, 0.6) is 0 Å². The first kappa shape index (κ1) is 22.1. The van der Waals surface area contributed by atoms with Crippen LogP contribution in [0.2, 0.25) is 0 Å². The third kappa shape index (κ3) is 4.66. The Labute approximate surface area is 197 Å². The first-order chi connectivity index (χ1) is 16.5. The number of rotatable bonds is 4. The molecule has 0 radical (unpaired) electrons. The number of halogens is 2. The van der Waals surface area contributed by atoms with Crippen molar-refractivity contribution < 1.29 is 13.6 Å². The van der Waals surface area contributed by atoms with E-state index >= 15 is 0 Å². The van der Waals surface area contributed by atoms with Gasteiger partial charge in [-0.15, -0.1) is 0 Å². The first-order valence-corrected chi connectivity index (χ1v) is 11.5. The van der Waals surface area contributed by atoms with E-state index in [1.54, 1.807) is 23.1 Å². The highest BCUT2D eigenvalue weighted by Crippen LogP contribution is 2.26. The lowest BCUT2D eigenvalue weighted by Crippen LogP contribution is -2.49. The van der Waals surface area contributed by atoms with Gasteiger partial charge in [0.15, 0.2) is 5.01 Å². The van der Waals surface area contributed by atoms with E-state index in [1.807, 2.05) is 0 Å². The summed E-state index contributed by atoms with van der Waals surface area (Å²) in [6.45, 7) is 2.69. The van der Waals surface area contributed by atoms with Gasteiger partial charge < -0.3 is 10.2 Å². The zero-order valence-corrected chi connectivity index (χ0v) is 18.8. The number of urea groups is 1. The molecule has 4 aromatic rings. The van der Waals surface area contributed by atoms with Gasteiger partial charge in [-0.25, -0.2) is 18.6 Å². The van der Waals surface area contributed by atoms with Crippen molar-refractivity contribution in [2.24, 2.45) is 0 Å². The average molecular weight is 483 g/mol. The lowest BCUT2D eigenvalue weighted by atomic mass is 10.2. The molecule has 0 spiro atoms. The van der Waals surface area contributed by atoms with Crippen LogP contribution in [0.25, 0.3) is 15.5 Å². The molecule has 2 aromatic carbocycles. The Kier molecular flexibility index (Phi) is 6.03. The van der Waals surface area contributed by atoms with E-state index in [0.29, 0.717) is 59.6 Å². The van der Waals surface area contributed by atoms with Gasteiger partial charge in [0.1, 0.15) is 11.6 Å². The van der Waals surface area contributed by atoms with Crippen molar-refractivity contribution in [3.8, 4) is 10.6 Å². The minimum atomic E-state index is -0.406. The number of benzene rings is 2. The fourth-order valence-electron chi connectivity index (χ4n) is 3.75. The molecule has 11 heteroatoms. The summed E-state index contributed by atoms with van der Waals surface area (Å²) >= 11 is 1.16.